The van der Waals surface area contributed by atoms with Crippen LogP contribution >= 0.6 is 0 Å². The van der Waals surface area contributed by atoms with Gasteiger partial charge in [0.2, 0.25) is 0 Å². The topological polar surface area (TPSA) is 40.5 Å². The van der Waals surface area contributed by atoms with E-state index in [4.69, 9.17) is 0 Å². The molecule has 0 saturated heterocycles. The Morgan fingerprint density at radius 1 is 1.35 bits per heavy atom. The largest absolute Gasteiger partial charge is 0.508 e. The number of rotatable bonds is 2. The highest BCUT2D eigenvalue weighted by Gasteiger charge is 2.21. The molecule has 2 heteroatoms. The molecule has 90 valence electrons. The van der Waals surface area contributed by atoms with E-state index in [1.54, 1.807) is 12.1 Å². The summed E-state index contributed by atoms with van der Waals surface area (Å²) in [5.41, 5.74) is 2.17. The predicted molar refractivity (Wildman–Crippen MR) is 70.2 cm³/mol. The van der Waals surface area contributed by atoms with Crippen LogP contribution in [0.5, 0.6) is 11.5 Å². The van der Waals surface area contributed by atoms with E-state index in [-0.39, 0.29) is 17.4 Å². The Morgan fingerprint density at radius 2 is 2.12 bits per heavy atom. The van der Waals surface area contributed by atoms with Gasteiger partial charge in [-0.05, 0) is 43.9 Å². The number of benzene rings is 1. The lowest BCUT2D eigenvalue weighted by atomic mass is 9.86. The Labute approximate surface area is 102 Å². The summed E-state index contributed by atoms with van der Waals surface area (Å²) in [7, 11) is 0. The van der Waals surface area contributed by atoms with Crippen molar-refractivity contribution in [2.75, 3.05) is 0 Å². The summed E-state index contributed by atoms with van der Waals surface area (Å²) in [5, 5.41) is 20.2. The molecule has 0 amide bonds. The standard InChI is InChI=1S/C15H18O2/c1-10(2)12-8-9-13(16)14(15(12)17)11-6-4-3-5-7-11/h4,6,8-9,11,16-17H,1,3,5,7H2,2H3. The molecule has 1 aliphatic rings. The van der Waals surface area contributed by atoms with Gasteiger partial charge in [-0.2, -0.15) is 0 Å². The monoisotopic (exact) mass is 230 g/mol. The minimum Gasteiger partial charge on any atom is -0.508 e. The molecule has 0 bridgehead atoms. The quantitative estimate of drug-likeness (QED) is 0.755. The number of phenols is 2. The van der Waals surface area contributed by atoms with Crippen LogP contribution in [0.1, 0.15) is 43.2 Å². The van der Waals surface area contributed by atoms with E-state index in [1.807, 2.05) is 6.92 Å². The van der Waals surface area contributed by atoms with Crippen LogP contribution < -0.4 is 0 Å². The molecule has 1 atom stereocenters. The average Bonchev–Trinajstić information content (AvgIpc) is 2.30. The van der Waals surface area contributed by atoms with Crippen LogP contribution in [0.3, 0.4) is 0 Å². The van der Waals surface area contributed by atoms with Gasteiger partial charge in [0.05, 0.1) is 0 Å². The summed E-state index contributed by atoms with van der Waals surface area (Å²) in [6.07, 6.45) is 7.33. The molecule has 0 saturated carbocycles. The van der Waals surface area contributed by atoms with Gasteiger partial charge in [-0.3, -0.25) is 0 Å². The normalized spacial score (nSPS) is 19.2. The molecule has 0 spiro atoms. The molecule has 1 unspecified atom stereocenters. The van der Waals surface area contributed by atoms with E-state index >= 15 is 0 Å². The van der Waals surface area contributed by atoms with Crippen molar-refractivity contribution < 1.29 is 10.2 Å². The number of allylic oxidation sites excluding steroid dienone is 3. The SMILES string of the molecule is C=C(C)c1ccc(O)c(C2C=CCCC2)c1O. The van der Waals surface area contributed by atoms with E-state index in [0.717, 1.165) is 30.4 Å². The molecule has 0 aromatic heterocycles. The zero-order chi connectivity index (χ0) is 12.4. The second-order valence-corrected chi connectivity index (χ2v) is 4.64. The highest BCUT2D eigenvalue weighted by atomic mass is 16.3. The lowest BCUT2D eigenvalue weighted by Gasteiger charge is -2.20. The van der Waals surface area contributed by atoms with Gasteiger partial charge >= 0.3 is 0 Å². The molecule has 0 aliphatic heterocycles. The second kappa shape index (κ2) is 4.66. The maximum atomic E-state index is 10.2. The van der Waals surface area contributed by atoms with Gasteiger partial charge < -0.3 is 10.2 Å². The molecule has 2 nitrogen and oxygen atoms in total. The van der Waals surface area contributed by atoms with Crippen molar-refractivity contribution in [1.29, 1.82) is 0 Å². The molecule has 0 heterocycles. The average molecular weight is 230 g/mol. The lowest BCUT2D eigenvalue weighted by Crippen LogP contribution is -2.01. The van der Waals surface area contributed by atoms with E-state index < -0.39 is 0 Å². The molecule has 2 N–H and O–H groups in total. The minimum absolute atomic E-state index is 0.114. The molecule has 17 heavy (non-hydrogen) atoms. The van der Waals surface area contributed by atoms with E-state index in [1.165, 1.54) is 0 Å². The van der Waals surface area contributed by atoms with Gasteiger partial charge in [-0.1, -0.05) is 18.7 Å². The summed E-state index contributed by atoms with van der Waals surface area (Å²) in [6.45, 7) is 5.70. The van der Waals surface area contributed by atoms with Gasteiger partial charge in [0.15, 0.2) is 0 Å². The van der Waals surface area contributed by atoms with Crippen molar-refractivity contribution in [3.8, 4) is 11.5 Å². The maximum Gasteiger partial charge on any atom is 0.130 e. The van der Waals surface area contributed by atoms with Gasteiger partial charge in [0.25, 0.3) is 0 Å². The molecule has 1 aromatic carbocycles. The number of phenolic OH excluding ortho intramolecular Hbond substituents is 2. The van der Waals surface area contributed by atoms with Gasteiger partial charge in [-0.25, -0.2) is 0 Å². The van der Waals surface area contributed by atoms with Crippen molar-refractivity contribution in [1.82, 2.24) is 0 Å². The van der Waals surface area contributed by atoms with Crippen LogP contribution in [-0.2, 0) is 0 Å². The van der Waals surface area contributed by atoms with Crippen LogP contribution in [0.15, 0.2) is 30.9 Å². The van der Waals surface area contributed by atoms with Crippen LogP contribution in [0.4, 0.5) is 0 Å². The third kappa shape index (κ3) is 2.21. The Balaban J connectivity index is 2.51. The fourth-order valence-corrected chi connectivity index (χ4v) is 2.36. The molecular formula is C15H18O2. The van der Waals surface area contributed by atoms with Crippen molar-refractivity contribution in [2.45, 2.75) is 32.1 Å². The first kappa shape index (κ1) is 11.8. The fraction of sp³-hybridized carbons (Fsp3) is 0.333. The van der Waals surface area contributed by atoms with E-state index in [2.05, 4.69) is 18.7 Å². The van der Waals surface area contributed by atoms with Crippen molar-refractivity contribution in [2.24, 2.45) is 0 Å². The van der Waals surface area contributed by atoms with Gasteiger partial charge in [-0.15, -0.1) is 0 Å². The summed E-state index contributed by atoms with van der Waals surface area (Å²) in [6, 6.07) is 3.35. The molecule has 0 fully saturated rings. The lowest BCUT2D eigenvalue weighted by molar-refractivity contribution is 0.428. The molecule has 0 radical (unpaired) electrons. The van der Waals surface area contributed by atoms with Crippen molar-refractivity contribution in [3.63, 3.8) is 0 Å². The highest BCUT2D eigenvalue weighted by molar-refractivity contribution is 5.70. The van der Waals surface area contributed by atoms with Gasteiger partial charge in [0, 0.05) is 17.0 Å². The third-order valence-corrected chi connectivity index (χ3v) is 3.28. The summed E-state index contributed by atoms with van der Waals surface area (Å²) in [4.78, 5) is 0. The molecule has 1 aliphatic carbocycles. The van der Waals surface area contributed by atoms with Crippen LogP contribution in [0.2, 0.25) is 0 Å². The summed E-state index contributed by atoms with van der Waals surface area (Å²) in [5.74, 6) is 0.459. The number of hydrogen-bond donors (Lipinski definition) is 2. The zero-order valence-corrected chi connectivity index (χ0v) is 10.1. The first-order valence-corrected chi connectivity index (χ1v) is 5.98. The molecule has 2 rings (SSSR count). The summed E-state index contributed by atoms with van der Waals surface area (Å²) < 4.78 is 0. The maximum absolute atomic E-state index is 10.2. The first-order chi connectivity index (χ1) is 8.11. The minimum atomic E-state index is 0.114. The molecular weight excluding hydrogens is 212 g/mol. The number of hydrogen-bond acceptors (Lipinski definition) is 2. The Morgan fingerprint density at radius 3 is 2.71 bits per heavy atom. The third-order valence-electron chi connectivity index (χ3n) is 3.28. The van der Waals surface area contributed by atoms with Crippen molar-refractivity contribution in [3.05, 3.63) is 42.0 Å². The highest BCUT2D eigenvalue weighted by Crippen LogP contribution is 2.42. The Kier molecular flexibility index (Phi) is 3.23. The molecule has 1 aromatic rings. The zero-order valence-electron chi connectivity index (χ0n) is 10.1. The summed E-state index contributed by atoms with van der Waals surface area (Å²) >= 11 is 0. The predicted octanol–water partition coefficient (Wildman–Crippen LogP) is 3.95. The first-order valence-electron chi connectivity index (χ1n) is 5.98. The Hall–Kier alpha value is -1.70. The Bertz CT molecular complexity index is 472. The van der Waals surface area contributed by atoms with Crippen molar-refractivity contribution >= 4 is 5.57 Å². The van der Waals surface area contributed by atoms with E-state index in [0.29, 0.717) is 5.56 Å². The smallest absolute Gasteiger partial charge is 0.130 e. The van der Waals surface area contributed by atoms with E-state index in [9.17, 15) is 10.2 Å². The number of aromatic hydroxyl groups is 2. The van der Waals surface area contributed by atoms with Crippen LogP contribution in [-0.4, -0.2) is 10.2 Å². The van der Waals surface area contributed by atoms with Crippen LogP contribution in [0, 0.1) is 0 Å². The van der Waals surface area contributed by atoms with Crippen LogP contribution in [0.25, 0.3) is 5.57 Å². The second-order valence-electron chi connectivity index (χ2n) is 4.64. The fourth-order valence-electron chi connectivity index (χ4n) is 2.36. The van der Waals surface area contributed by atoms with Gasteiger partial charge in [0.1, 0.15) is 11.5 Å².